The lowest BCUT2D eigenvalue weighted by atomic mass is 10.1. The highest BCUT2D eigenvalue weighted by Crippen LogP contribution is 2.23. The van der Waals surface area contributed by atoms with Crippen molar-refractivity contribution in [3.05, 3.63) is 59.7 Å². The normalized spacial score (nSPS) is 17.2. The fraction of sp³-hybridized carbons (Fsp3) is 0.300. The molecule has 1 aliphatic heterocycles. The van der Waals surface area contributed by atoms with Gasteiger partial charge in [0, 0.05) is 17.9 Å². The number of aliphatic hydroxyl groups excluding tert-OH is 1. The predicted octanol–water partition coefficient (Wildman–Crippen LogP) is 2.69. The molecule has 0 aliphatic carbocycles. The lowest BCUT2D eigenvalue weighted by Gasteiger charge is -2.17. The van der Waals surface area contributed by atoms with Crippen LogP contribution >= 0.6 is 0 Å². The van der Waals surface area contributed by atoms with Crippen molar-refractivity contribution < 1.29 is 24.2 Å². The molecule has 1 fully saturated rings. The number of rotatable bonds is 6. The first-order valence-corrected chi connectivity index (χ1v) is 8.73. The van der Waals surface area contributed by atoms with Gasteiger partial charge in [-0.25, -0.2) is 4.79 Å². The molecule has 2 atom stereocenters. The Morgan fingerprint density at radius 3 is 2.59 bits per heavy atom. The minimum absolute atomic E-state index is 0.161. The van der Waals surface area contributed by atoms with Crippen molar-refractivity contribution in [3.63, 3.8) is 0 Å². The molecule has 7 heteroatoms. The van der Waals surface area contributed by atoms with E-state index in [0.717, 1.165) is 12.8 Å². The van der Waals surface area contributed by atoms with E-state index in [1.54, 1.807) is 48.5 Å². The van der Waals surface area contributed by atoms with E-state index in [9.17, 15) is 14.7 Å². The van der Waals surface area contributed by atoms with E-state index < -0.39 is 18.3 Å². The minimum Gasteiger partial charge on any atom is -0.465 e. The fourth-order valence-electron chi connectivity index (χ4n) is 2.88. The van der Waals surface area contributed by atoms with Crippen molar-refractivity contribution in [3.8, 4) is 0 Å². The van der Waals surface area contributed by atoms with Crippen molar-refractivity contribution in [2.24, 2.45) is 0 Å². The average molecular weight is 370 g/mol. The summed E-state index contributed by atoms with van der Waals surface area (Å²) in [4.78, 5) is 23.9. The zero-order valence-electron chi connectivity index (χ0n) is 15.0. The number of methoxy groups -OCH3 is 1. The van der Waals surface area contributed by atoms with E-state index >= 15 is 0 Å². The van der Waals surface area contributed by atoms with E-state index in [2.05, 4.69) is 10.6 Å². The number of amides is 1. The van der Waals surface area contributed by atoms with Gasteiger partial charge < -0.3 is 25.2 Å². The average Bonchev–Trinajstić information content (AvgIpc) is 3.23. The van der Waals surface area contributed by atoms with Gasteiger partial charge in [0.2, 0.25) is 0 Å². The Bertz CT molecular complexity index is 800. The maximum atomic E-state index is 12.1. The number of carbonyl (C=O) groups excluding carboxylic acids is 2. The summed E-state index contributed by atoms with van der Waals surface area (Å²) in [6.45, 7) is 0.613. The number of nitrogens with one attached hydrogen (secondary N) is 2. The molecule has 0 radical (unpaired) electrons. The Kier molecular flexibility index (Phi) is 6.05. The smallest absolute Gasteiger partial charge is 0.339 e. The number of para-hydroxylation sites is 1. The summed E-state index contributed by atoms with van der Waals surface area (Å²) >= 11 is 0. The van der Waals surface area contributed by atoms with Gasteiger partial charge in [-0.3, -0.25) is 4.79 Å². The first kappa shape index (κ1) is 18.9. The third-order valence-corrected chi connectivity index (χ3v) is 4.34. The van der Waals surface area contributed by atoms with Crippen LogP contribution in [0, 0.1) is 0 Å². The monoisotopic (exact) mass is 370 g/mol. The summed E-state index contributed by atoms with van der Waals surface area (Å²) in [6.07, 6.45) is 0.194. The molecule has 1 amide bonds. The SMILES string of the molecule is COC(=O)c1ccccc1NC(O)c1ccc(NC(=O)C2CCCO2)cc1. The van der Waals surface area contributed by atoms with Gasteiger partial charge in [0.15, 0.2) is 6.23 Å². The number of carbonyl (C=O) groups is 2. The number of hydrogen-bond donors (Lipinski definition) is 3. The molecular weight excluding hydrogens is 348 g/mol. The highest BCUT2D eigenvalue weighted by molar-refractivity contribution is 5.95. The second-order valence-electron chi connectivity index (χ2n) is 6.20. The van der Waals surface area contributed by atoms with E-state index in [-0.39, 0.29) is 5.91 Å². The van der Waals surface area contributed by atoms with Gasteiger partial charge >= 0.3 is 5.97 Å². The minimum atomic E-state index is -1.03. The first-order valence-electron chi connectivity index (χ1n) is 8.73. The summed E-state index contributed by atoms with van der Waals surface area (Å²) < 4.78 is 10.1. The van der Waals surface area contributed by atoms with Gasteiger partial charge in [0.1, 0.15) is 6.10 Å². The molecule has 0 bridgehead atoms. The topological polar surface area (TPSA) is 96.9 Å². The molecule has 3 N–H and O–H groups in total. The molecule has 3 rings (SSSR count). The first-order chi connectivity index (χ1) is 13.1. The van der Waals surface area contributed by atoms with Crippen LogP contribution in [0.15, 0.2) is 48.5 Å². The van der Waals surface area contributed by atoms with Crippen molar-refractivity contribution in [2.75, 3.05) is 24.4 Å². The molecule has 2 unspecified atom stereocenters. The lowest BCUT2D eigenvalue weighted by Crippen LogP contribution is -2.26. The number of aliphatic hydroxyl groups is 1. The van der Waals surface area contributed by atoms with Crippen molar-refractivity contribution in [1.29, 1.82) is 0 Å². The summed E-state index contributed by atoms with van der Waals surface area (Å²) in [6, 6.07) is 13.6. The quantitative estimate of drug-likeness (QED) is 0.534. The standard InChI is InChI=1S/C20H22N2O5/c1-26-20(25)15-5-2-3-6-16(15)22-18(23)13-8-10-14(11-9-13)21-19(24)17-7-4-12-27-17/h2-3,5-6,8-11,17-18,22-23H,4,7,12H2,1H3,(H,21,24). The Hall–Kier alpha value is -2.90. The van der Waals surface area contributed by atoms with Gasteiger partial charge in [-0.05, 0) is 37.1 Å². The molecule has 7 nitrogen and oxygen atoms in total. The summed E-state index contributed by atoms with van der Waals surface area (Å²) in [7, 11) is 1.30. The molecule has 1 heterocycles. The van der Waals surface area contributed by atoms with Crippen LogP contribution in [-0.4, -0.2) is 36.8 Å². The maximum absolute atomic E-state index is 12.1. The summed E-state index contributed by atoms with van der Waals surface area (Å²) in [5.74, 6) is -0.650. The third-order valence-electron chi connectivity index (χ3n) is 4.34. The zero-order chi connectivity index (χ0) is 19.2. The maximum Gasteiger partial charge on any atom is 0.339 e. The van der Waals surface area contributed by atoms with E-state index in [4.69, 9.17) is 9.47 Å². The van der Waals surface area contributed by atoms with E-state index in [1.165, 1.54) is 7.11 Å². The second-order valence-corrected chi connectivity index (χ2v) is 6.20. The van der Waals surface area contributed by atoms with Gasteiger partial charge in [-0.2, -0.15) is 0 Å². The highest BCUT2D eigenvalue weighted by Gasteiger charge is 2.23. The van der Waals surface area contributed by atoms with E-state index in [1.807, 2.05) is 0 Å². The molecule has 0 spiro atoms. The van der Waals surface area contributed by atoms with Crippen LogP contribution in [0.2, 0.25) is 0 Å². The third kappa shape index (κ3) is 4.64. The van der Waals surface area contributed by atoms with Gasteiger partial charge in [0.05, 0.1) is 18.4 Å². The van der Waals surface area contributed by atoms with Gasteiger partial charge in [0.25, 0.3) is 5.91 Å². The number of anilines is 2. The molecule has 1 saturated heterocycles. The number of ether oxygens (including phenoxy) is 2. The zero-order valence-corrected chi connectivity index (χ0v) is 15.0. The van der Waals surface area contributed by atoms with Crippen LogP contribution in [0.4, 0.5) is 11.4 Å². The lowest BCUT2D eigenvalue weighted by molar-refractivity contribution is -0.124. The summed E-state index contributed by atoms with van der Waals surface area (Å²) in [5.41, 5.74) is 2.01. The van der Waals surface area contributed by atoms with Crippen molar-refractivity contribution in [2.45, 2.75) is 25.2 Å². The number of hydrogen-bond acceptors (Lipinski definition) is 6. The van der Waals surface area contributed by atoms with E-state index in [0.29, 0.717) is 29.1 Å². The second kappa shape index (κ2) is 8.66. The molecule has 142 valence electrons. The van der Waals surface area contributed by atoms with Crippen LogP contribution in [0.5, 0.6) is 0 Å². The van der Waals surface area contributed by atoms with Crippen molar-refractivity contribution in [1.82, 2.24) is 0 Å². The van der Waals surface area contributed by atoms with Crippen LogP contribution < -0.4 is 10.6 Å². The number of esters is 1. The predicted molar refractivity (Wildman–Crippen MR) is 100 cm³/mol. The molecule has 2 aromatic rings. The summed E-state index contributed by atoms with van der Waals surface area (Å²) in [5, 5.41) is 16.1. The Morgan fingerprint density at radius 2 is 1.93 bits per heavy atom. The molecule has 1 aliphatic rings. The van der Waals surface area contributed by atoms with Crippen LogP contribution in [0.25, 0.3) is 0 Å². The van der Waals surface area contributed by atoms with Gasteiger partial charge in [-0.1, -0.05) is 24.3 Å². The Balaban J connectivity index is 1.65. The van der Waals surface area contributed by atoms with Crippen LogP contribution in [-0.2, 0) is 14.3 Å². The number of benzene rings is 2. The van der Waals surface area contributed by atoms with Crippen LogP contribution in [0.1, 0.15) is 35.0 Å². The Morgan fingerprint density at radius 1 is 1.19 bits per heavy atom. The fourth-order valence-corrected chi connectivity index (χ4v) is 2.88. The van der Waals surface area contributed by atoms with Crippen molar-refractivity contribution >= 4 is 23.3 Å². The molecular formula is C20H22N2O5. The van der Waals surface area contributed by atoms with Crippen LogP contribution in [0.3, 0.4) is 0 Å². The molecule has 27 heavy (non-hydrogen) atoms. The van der Waals surface area contributed by atoms with Gasteiger partial charge in [-0.15, -0.1) is 0 Å². The largest absolute Gasteiger partial charge is 0.465 e. The Labute approximate surface area is 157 Å². The highest BCUT2D eigenvalue weighted by atomic mass is 16.5. The molecule has 0 aromatic heterocycles. The molecule has 0 saturated carbocycles. The molecule has 2 aromatic carbocycles.